The van der Waals surface area contributed by atoms with Crippen LogP contribution in [0.4, 0.5) is 0 Å². The minimum Gasteiger partial charge on any atom is -0.481 e. The second kappa shape index (κ2) is 9.77. The van der Waals surface area contributed by atoms with Gasteiger partial charge in [-0.15, -0.1) is 11.8 Å². The van der Waals surface area contributed by atoms with E-state index in [1.54, 1.807) is 30.4 Å². The summed E-state index contributed by atoms with van der Waals surface area (Å²) in [7, 11) is 1.62. The number of amides is 1. The lowest BCUT2D eigenvalue weighted by molar-refractivity contribution is -0.124. The topological polar surface area (TPSA) is 83.0 Å². The van der Waals surface area contributed by atoms with Gasteiger partial charge in [0.05, 0.1) is 7.11 Å². The number of hydrogen-bond acceptors (Lipinski definition) is 6. The number of carbonyl (C=O) groups excluding carboxylic acids is 1. The molecule has 0 spiro atoms. The van der Waals surface area contributed by atoms with Crippen LogP contribution in [0.3, 0.4) is 0 Å². The van der Waals surface area contributed by atoms with E-state index >= 15 is 0 Å². The Morgan fingerprint density at radius 1 is 1.25 bits per heavy atom. The van der Waals surface area contributed by atoms with Crippen molar-refractivity contribution in [1.29, 1.82) is 0 Å². The van der Waals surface area contributed by atoms with Crippen LogP contribution >= 0.6 is 11.8 Å². The van der Waals surface area contributed by atoms with Gasteiger partial charge >= 0.3 is 0 Å². The van der Waals surface area contributed by atoms with Gasteiger partial charge in [0.15, 0.2) is 5.50 Å². The first-order valence-electron chi connectivity index (χ1n) is 8.66. The van der Waals surface area contributed by atoms with Crippen LogP contribution in [0, 0.1) is 0 Å². The van der Waals surface area contributed by atoms with E-state index in [0.717, 1.165) is 28.1 Å². The maximum atomic E-state index is 11.0. The fourth-order valence-corrected chi connectivity index (χ4v) is 3.50. The van der Waals surface area contributed by atoms with Crippen molar-refractivity contribution in [1.82, 2.24) is 10.8 Å². The highest BCUT2D eigenvalue weighted by Crippen LogP contribution is 2.24. The Morgan fingerprint density at radius 3 is 2.68 bits per heavy atom. The molecule has 3 N–H and O–H groups in total. The van der Waals surface area contributed by atoms with Gasteiger partial charge < -0.3 is 10.1 Å². The van der Waals surface area contributed by atoms with E-state index in [-0.39, 0.29) is 5.50 Å². The fourth-order valence-electron chi connectivity index (χ4n) is 2.57. The SMILES string of the molecule is COC1=NC(SCc2ccc(/C=C/C(=O)NO)cc2)NC(c2ccccc2)=C1. The highest BCUT2D eigenvalue weighted by Gasteiger charge is 2.17. The number of aliphatic imine (C=N–C) groups is 1. The Hall–Kier alpha value is -3.03. The molecule has 0 aliphatic carbocycles. The quantitative estimate of drug-likeness (QED) is 0.397. The normalized spacial score (nSPS) is 16.1. The van der Waals surface area contributed by atoms with E-state index < -0.39 is 5.91 Å². The summed E-state index contributed by atoms with van der Waals surface area (Å²) in [6.45, 7) is 0. The Labute approximate surface area is 168 Å². The van der Waals surface area contributed by atoms with Gasteiger partial charge in [-0.05, 0) is 22.8 Å². The first kappa shape index (κ1) is 19.7. The van der Waals surface area contributed by atoms with E-state index in [1.807, 2.05) is 60.7 Å². The van der Waals surface area contributed by atoms with Crippen molar-refractivity contribution < 1.29 is 14.7 Å². The molecule has 28 heavy (non-hydrogen) atoms. The maximum absolute atomic E-state index is 11.0. The Morgan fingerprint density at radius 2 is 2.00 bits per heavy atom. The molecule has 1 amide bonds. The summed E-state index contributed by atoms with van der Waals surface area (Å²) in [6, 6.07) is 17.9. The van der Waals surface area contributed by atoms with Gasteiger partial charge in [0, 0.05) is 23.6 Å². The van der Waals surface area contributed by atoms with Crippen molar-refractivity contribution in [2.45, 2.75) is 11.3 Å². The van der Waals surface area contributed by atoms with Gasteiger partial charge in [-0.1, -0.05) is 54.6 Å². The molecule has 3 rings (SSSR count). The van der Waals surface area contributed by atoms with Crippen LogP contribution in [0.25, 0.3) is 11.8 Å². The predicted octanol–water partition coefficient (Wildman–Crippen LogP) is 3.41. The van der Waals surface area contributed by atoms with Gasteiger partial charge in [-0.25, -0.2) is 10.5 Å². The summed E-state index contributed by atoms with van der Waals surface area (Å²) in [6.07, 6.45) is 4.81. The Balaban J connectivity index is 1.61. The van der Waals surface area contributed by atoms with Crippen LogP contribution < -0.4 is 10.8 Å². The number of hydroxylamine groups is 1. The van der Waals surface area contributed by atoms with Gasteiger partial charge in [-0.3, -0.25) is 10.0 Å². The number of carbonyl (C=O) groups is 1. The van der Waals surface area contributed by atoms with E-state index in [9.17, 15) is 4.79 Å². The molecule has 0 radical (unpaired) electrons. The molecule has 1 heterocycles. The summed E-state index contributed by atoms with van der Waals surface area (Å²) in [4.78, 5) is 15.6. The third kappa shape index (κ3) is 5.48. The Kier molecular flexibility index (Phi) is 6.89. The molecule has 1 unspecified atom stereocenters. The number of nitrogens with one attached hydrogen (secondary N) is 2. The minimum atomic E-state index is -0.558. The molecule has 1 aliphatic rings. The Bertz CT molecular complexity index is 893. The summed E-state index contributed by atoms with van der Waals surface area (Å²) >= 11 is 1.66. The van der Waals surface area contributed by atoms with Crippen molar-refractivity contribution in [2.24, 2.45) is 4.99 Å². The average molecular weight is 395 g/mol. The van der Waals surface area contributed by atoms with Crippen LogP contribution in [0.5, 0.6) is 0 Å². The van der Waals surface area contributed by atoms with E-state index in [1.165, 1.54) is 6.08 Å². The third-order valence-electron chi connectivity index (χ3n) is 4.01. The highest BCUT2D eigenvalue weighted by atomic mass is 32.2. The molecule has 2 aromatic carbocycles. The number of rotatable bonds is 6. The lowest BCUT2D eigenvalue weighted by Gasteiger charge is -2.23. The fraction of sp³-hybridized carbons (Fsp3) is 0.143. The monoisotopic (exact) mass is 395 g/mol. The number of hydrogen-bond donors (Lipinski definition) is 3. The minimum absolute atomic E-state index is 0.150. The van der Waals surface area contributed by atoms with Crippen molar-refractivity contribution in [3.63, 3.8) is 0 Å². The number of methoxy groups -OCH3 is 1. The smallest absolute Gasteiger partial charge is 0.267 e. The molecular formula is C21H21N3O3S. The predicted molar refractivity (Wildman–Crippen MR) is 112 cm³/mol. The summed E-state index contributed by atoms with van der Waals surface area (Å²) in [5.74, 6) is 0.802. The van der Waals surface area contributed by atoms with E-state index in [4.69, 9.17) is 9.94 Å². The van der Waals surface area contributed by atoms with Crippen molar-refractivity contribution in [3.05, 3.63) is 83.4 Å². The van der Waals surface area contributed by atoms with Crippen molar-refractivity contribution in [2.75, 3.05) is 7.11 Å². The molecule has 7 heteroatoms. The lowest BCUT2D eigenvalue weighted by Crippen LogP contribution is -2.29. The zero-order chi connectivity index (χ0) is 19.8. The van der Waals surface area contributed by atoms with Gasteiger partial charge in [0.2, 0.25) is 5.90 Å². The van der Waals surface area contributed by atoms with E-state index in [0.29, 0.717) is 5.90 Å². The highest BCUT2D eigenvalue weighted by molar-refractivity contribution is 7.99. The molecule has 0 saturated heterocycles. The molecule has 0 fully saturated rings. The second-order valence-electron chi connectivity index (χ2n) is 5.95. The number of ether oxygens (including phenoxy) is 1. The van der Waals surface area contributed by atoms with Crippen molar-refractivity contribution >= 4 is 35.3 Å². The molecule has 1 aliphatic heterocycles. The van der Waals surface area contributed by atoms with Crippen LogP contribution in [0.15, 0.2) is 71.7 Å². The number of benzene rings is 2. The average Bonchev–Trinajstić information content (AvgIpc) is 2.77. The first-order valence-corrected chi connectivity index (χ1v) is 9.71. The largest absolute Gasteiger partial charge is 0.481 e. The molecule has 0 aromatic heterocycles. The van der Waals surface area contributed by atoms with Crippen LogP contribution in [-0.4, -0.2) is 29.6 Å². The van der Waals surface area contributed by atoms with Crippen LogP contribution in [-0.2, 0) is 15.3 Å². The lowest BCUT2D eigenvalue weighted by atomic mass is 10.1. The van der Waals surface area contributed by atoms with Gasteiger partial charge in [-0.2, -0.15) is 0 Å². The van der Waals surface area contributed by atoms with Crippen LogP contribution in [0.1, 0.15) is 16.7 Å². The third-order valence-corrected chi connectivity index (χ3v) is 5.05. The molecule has 1 atom stereocenters. The summed E-state index contributed by atoms with van der Waals surface area (Å²) < 4.78 is 5.36. The molecule has 0 saturated carbocycles. The standard InChI is InChI=1S/C21H21N3O3S/c1-27-20-13-18(17-5-3-2-4-6-17)22-21(23-20)28-14-16-9-7-15(8-10-16)11-12-19(25)24-26/h2-13,21-22,26H,14H2,1H3,(H,24,25)/b12-11+. The maximum Gasteiger partial charge on any atom is 0.267 e. The second-order valence-corrected chi connectivity index (χ2v) is 7.02. The van der Waals surface area contributed by atoms with E-state index in [2.05, 4.69) is 10.3 Å². The molecule has 2 aromatic rings. The number of nitrogens with zero attached hydrogens (tertiary/aromatic N) is 1. The van der Waals surface area contributed by atoms with Crippen LogP contribution in [0.2, 0.25) is 0 Å². The van der Waals surface area contributed by atoms with Crippen molar-refractivity contribution in [3.8, 4) is 0 Å². The number of thioether (sulfide) groups is 1. The van der Waals surface area contributed by atoms with Gasteiger partial charge in [0.25, 0.3) is 5.91 Å². The molecule has 6 nitrogen and oxygen atoms in total. The van der Waals surface area contributed by atoms with Gasteiger partial charge in [0.1, 0.15) is 0 Å². The first-order chi connectivity index (χ1) is 13.7. The molecule has 144 valence electrons. The zero-order valence-corrected chi connectivity index (χ0v) is 16.1. The summed E-state index contributed by atoms with van der Waals surface area (Å²) in [5.41, 5.74) is 5.49. The summed E-state index contributed by atoms with van der Waals surface area (Å²) in [5, 5.41) is 11.9. The molecule has 0 bridgehead atoms. The molecular weight excluding hydrogens is 374 g/mol. The zero-order valence-electron chi connectivity index (χ0n) is 15.3.